The number of alkyl halides is 3. The molecule has 0 unspecified atom stereocenters. The lowest BCUT2D eigenvalue weighted by Crippen LogP contribution is -2.33. The average molecular weight is 215 g/mol. The van der Waals surface area contributed by atoms with E-state index in [1.165, 1.54) is 17.7 Å². The summed E-state index contributed by atoms with van der Waals surface area (Å²) in [6.45, 7) is 4.65. The quantitative estimate of drug-likeness (QED) is 0.725. The predicted molar refractivity (Wildman–Crippen MR) is 42.1 cm³/mol. The predicted octanol–water partition coefficient (Wildman–Crippen LogP) is 1.52. The smallest absolute Gasteiger partial charge is 0.283 e. The molecule has 0 heterocycles. The van der Waals surface area contributed by atoms with E-state index in [-0.39, 0.29) is 5.57 Å². The first-order chi connectivity index (χ1) is 5.70. The molecule has 0 fully saturated rings. The van der Waals surface area contributed by atoms with E-state index in [0.29, 0.717) is 0 Å². The highest BCUT2D eigenvalue weighted by Gasteiger charge is 2.45. The van der Waals surface area contributed by atoms with Gasteiger partial charge in [0.2, 0.25) is 0 Å². The van der Waals surface area contributed by atoms with Gasteiger partial charge in [0.25, 0.3) is 0 Å². The Morgan fingerprint density at radius 2 is 1.92 bits per heavy atom. The van der Waals surface area contributed by atoms with Gasteiger partial charge < -0.3 is 0 Å². The van der Waals surface area contributed by atoms with Crippen molar-refractivity contribution in [2.45, 2.75) is 12.4 Å². The second-order valence-electron chi connectivity index (χ2n) is 2.16. The topological polar surface area (TPSA) is 46.2 Å². The van der Waals surface area contributed by atoms with Crippen LogP contribution in [0.25, 0.3) is 0 Å². The van der Waals surface area contributed by atoms with Gasteiger partial charge in [-0.2, -0.15) is 21.6 Å². The summed E-state index contributed by atoms with van der Waals surface area (Å²) < 4.78 is 57.0. The molecule has 0 aliphatic rings. The number of hydrogen-bond acceptors (Lipinski definition) is 2. The second-order valence-corrected chi connectivity index (χ2v) is 3.86. The summed E-state index contributed by atoms with van der Waals surface area (Å²) in [5.74, 6) is 0. The zero-order valence-electron chi connectivity index (χ0n) is 6.72. The van der Waals surface area contributed by atoms with Crippen LogP contribution in [0.5, 0.6) is 0 Å². The van der Waals surface area contributed by atoms with Crippen LogP contribution in [0.1, 0.15) is 6.92 Å². The van der Waals surface area contributed by atoms with E-state index in [0.717, 1.165) is 6.20 Å². The van der Waals surface area contributed by atoms with Crippen molar-refractivity contribution in [1.82, 2.24) is 4.72 Å². The summed E-state index contributed by atoms with van der Waals surface area (Å²) >= 11 is 0. The van der Waals surface area contributed by atoms with Gasteiger partial charge in [-0.15, -0.1) is 0 Å². The number of rotatable bonds is 3. The monoisotopic (exact) mass is 215 g/mol. The number of nitrogens with one attached hydrogen (secondary N) is 1. The van der Waals surface area contributed by atoms with E-state index < -0.39 is 15.5 Å². The maximum absolute atomic E-state index is 11.7. The Kier molecular flexibility index (Phi) is 3.53. The molecule has 0 saturated carbocycles. The number of sulfonamides is 1. The Balaban J connectivity index is 4.66. The minimum atomic E-state index is -5.29. The first kappa shape index (κ1) is 12.0. The van der Waals surface area contributed by atoms with Gasteiger partial charge in [-0.05, 0) is 12.5 Å². The molecule has 0 spiro atoms. The molecular formula is C6H8F3NO2S. The van der Waals surface area contributed by atoms with Crippen LogP contribution in [0.3, 0.4) is 0 Å². The van der Waals surface area contributed by atoms with E-state index >= 15 is 0 Å². The van der Waals surface area contributed by atoms with Crippen molar-refractivity contribution in [2.24, 2.45) is 0 Å². The molecule has 0 bridgehead atoms. The molecule has 0 amide bonds. The highest BCUT2D eigenvalue weighted by Crippen LogP contribution is 2.21. The van der Waals surface area contributed by atoms with Crippen LogP contribution in [0.4, 0.5) is 13.2 Å². The number of hydrogen-bond donors (Lipinski definition) is 1. The molecule has 76 valence electrons. The SMILES string of the molecule is C=CC(C)=CNS(=O)(=O)C(F)(F)F. The van der Waals surface area contributed by atoms with Crippen LogP contribution in [0.2, 0.25) is 0 Å². The molecule has 0 saturated heterocycles. The molecule has 0 aromatic rings. The van der Waals surface area contributed by atoms with Crippen molar-refractivity contribution in [3.63, 3.8) is 0 Å². The zero-order valence-corrected chi connectivity index (χ0v) is 7.54. The summed E-state index contributed by atoms with van der Waals surface area (Å²) in [6.07, 6.45) is 1.94. The van der Waals surface area contributed by atoms with E-state index in [1.54, 1.807) is 0 Å². The van der Waals surface area contributed by atoms with Crippen molar-refractivity contribution in [3.05, 3.63) is 24.4 Å². The van der Waals surface area contributed by atoms with Gasteiger partial charge in [0.1, 0.15) is 0 Å². The fraction of sp³-hybridized carbons (Fsp3) is 0.333. The highest BCUT2D eigenvalue weighted by atomic mass is 32.2. The fourth-order valence-corrected chi connectivity index (χ4v) is 0.771. The van der Waals surface area contributed by atoms with Crippen LogP contribution in [0, 0.1) is 0 Å². The van der Waals surface area contributed by atoms with Crippen LogP contribution < -0.4 is 4.72 Å². The minimum absolute atomic E-state index is 0.285. The Morgan fingerprint density at radius 3 is 2.23 bits per heavy atom. The Bertz CT molecular complexity index is 315. The molecular weight excluding hydrogens is 207 g/mol. The van der Waals surface area contributed by atoms with Crippen LogP contribution >= 0.6 is 0 Å². The Labute approximate surface area is 74.0 Å². The molecule has 1 N–H and O–H groups in total. The second kappa shape index (κ2) is 3.82. The maximum atomic E-state index is 11.7. The lowest BCUT2D eigenvalue weighted by molar-refractivity contribution is -0.0443. The Hall–Kier alpha value is -0.980. The van der Waals surface area contributed by atoms with Crippen LogP contribution in [-0.4, -0.2) is 13.9 Å². The van der Waals surface area contributed by atoms with Gasteiger partial charge in [0.15, 0.2) is 0 Å². The van der Waals surface area contributed by atoms with Gasteiger partial charge in [-0.3, -0.25) is 4.72 Å². The zero-order chi connectivity index (χ0) is 10.7. The highest BCUT2D eigenvalue weighted by molar-refractivity contribution is 7.90. The summed E-state index contributed by atoms with van der Waals surface area (Å²) in [5.41, 5.74) is -5.00. The minimum Gasteiger partial charge on any atom is -0.283 e. The summed E-state index contributed by atoms with van der Waals surface area (Å²) in [4.78, 5) is 0. The molecule has 0 aromatic carbocycles. The third-order valence-electron chi connectivity index (χ3n) is 1.07. The molecule has 3 nitrogen and oxygen atoms in total. The van der Waals surface area contributed by atoms with E-state index in [1.807, 2.05) is 0 Å². The van der Waals surface area contributed by atoms with Gasteiger partial charge in [-0.1, -0.05) is 12.7 Å². The number of allylic oxidation sites excluding steroid dienone is 2. The standard InChI is InChI=1S/C6H8F3NO2S/c1-3-5(2)4-10-13(11,12)6(7,8)9/h3-4,10H,1H2,2H3. The Morgan fingerprint density at radius 1 is 1.46 bits per heavy atom. The van der Waals surface area contributed by atoms with Gasteiger partial charge in [0, 0.05) is 6.20 Å². The lowest BCUT2D eigenvalue weighted by Gasteiger charge is -2.06. The third-order valence-corrected chi connectivity index (χ3v) is 2.11. The van der Waals surface area contributed by atoms with Gasteiger partial charge in [0.05, 0.1) is 0 Å². The molecule has 0 rings (SSSR count). The molecule has 0 atom stereocenters. The van der Waals surface area contributed by atoms with Crippen molar-refractivity contribution in [3.8, 4) is 0 Å². The molecule has 13 heavy (non-hydrogen) atoms. The van der Waals surface area contributed by atoms with Crippen molar-refractivity contribution in [1.29, 1.82) is 0 Å². The van der Waals surface area contributed by atoms with Crippen molar-refractivity contribution >= 4 is 10.0 Å². The maximum Gasteiger partial charge on any atom is 0.516 e. The molecule has 0 aliphatic carbocycles. The van der Waals surface area contributed by atoms with Crippen molar-refractivity contribution in [2.75, 3.05) is 0 Å². The van der Waals surface area contributed by atoms with Crippen LogP contribution in [-0.2, 0) is 10.0 Å². The summed E-state index contributed by atoms with van der Waals surface area (Å²) in [7, 11) is -5.28. The first-order valence-corrected chi connectivity index (χ1v) is 4.57. The van der Waals surface area contributed by atoms with E-state index in [9.17, 15) is 21.6 Å². The number of halogens is 3. The molecule has 0 radical (unpaired) electrons. The molecule has 7 heteroatoms. The largest absolute Gasteiger partial charge is 0.516 e. The summed E-state index contributed by atoms with van der Waals surface area (Å²) in [6, 6.07) is 0. The van der Waals surface area contributed by atoms with E-state index in [2.05, 4.69) is 6.58 Å². The van der Waals surface area contributed by atoms with E-state index in [4.69, 9.17) is 0 Å². The first-order valence-electron chi connectivity index (χ1n) is 3.08. The van der Waals surface area contributed by atoms with Crippen LogP contribution in [0.15, 0.2) is 24.4 Å². The van der Waals surface area contributed by atoms with Gasteiger partial charge in [-0.25, -0.2) is 0 Å². The fourth-order valence-electron chi connectivity index (χ4n) is 0.296. The molecule has 0 aromatic heterocycles. The lowest BCUT2D eigenvalue weighted by atomic mass is 10.3. The normalized spacial score (nSPS) is 14.0. The average Bonchev–Trinajstić information content (AvgIpc) is 1.98. The van der Waals surface area contributed by atoms with Gasteiger partial charge >= 0.3 is 15.5 Å². The molecule has 0 aliphatic heterocycles. The van der Waals surface area contributed by atoms with Crippen molar-refractivity contribution < 1.29 is 21.6 Å². The summed E-state index contributed by atoms with van der Waals surface area (Å²) in [5, 5.41) is 0. The third kappa shape index (κ3) is 3.49.